The van der Waals surface area contributed by atoms with Gasteiger partial charge in [0.2, 0.25) is 0 Å². The van der Waals surface area contributed by atoms with Gasteiger partial charge in [-0.2, -0.15) is 0 Å². The molecule has 1 aromatic heterocycles. The van der Waals surface area contributed by atoms with E-state index in [1.54, 1.807) is 0 Å². The molecular formula is C16H23NOS. The average Bonchev–Trinajstić information content (AvgIpc) is 2.79. The van der Waals surface area contributed by atoms with E-state index in [9.17, 15) is 0 Å². The number of fused-ring (bicyclic) bond motifs is 1. The van der Waals surface area contributed by atoms with E-state index < -0.39 is 0 Å². The Bertz CT molecular complexity index is 506. The van der Waals surface area contributed by atoms with Crippen molar-refractivity contribution in [1.29, 1.82) is 0 Å². The molecule has 1 heterocycles. The van der Waals surface area contributed by atoms with Gasteiger partial charge in [-0.3, -0.25) is 0 Å². The van der Waals surface area contributed by atoms with Crippen LogP contribution in [0.5, 0.6) is 0 Å². The molecule has 0 radical (unpaired) electrons. The fourth-order valence-corrected chi connectivity index (χ4v) is 3.29. The minimum absolute atomic E-state index is 0.741. The van der Waals surface area contributed by atoms with Crippen molar-refractivity contribution in [3.63, 3.8) is 0 Å². The first-order valence-corrected chi connectivity index (χ1v) is 7.96. The standard InChI is InChI=1S/C16H23NOS/c1-3-5-10-18-12-14-13-8-6-7-9-15(13)19-16(14)11-17-4-2/h6-9,17H,3-5,10-12H2,1-2H3. The van der Waals surface area contributed by atoms with Crippen LogP contribution in [0, 0.1) is 0 Å². The van der Waals surface area contributed by atoms with E-state index in [4.69, 9.17) is 4.74 Å². The van der Waals surface area contributed by atoms with Crippen LogP contribution in [0.15, 0.2) is 24.3 Å². The lowest BCUT2D eigenvalue weighted by Crippen LogP contribution is -2.12. The van der Waals surface area contributed by atoms with Crippen molar-refractivity contribution in [3.05, 3.63) is 34.7 Å². The number of unbranched alkanes of at least 4 members (excludes halogenated alkanes) is 1. The molecule has 1 N–H and O–H groups in total. The van der Waals surface area contributed by atoms with Crippen molar-refractivity contribution in [2.45, 2.75) is 39.8 Å². The molecule has 0 saturated carbocycles. The lowest BCUT2D eigenvalue weighted by molar-refractivity contribution is 0.118. The van der Waals surface area contributed by atoms with Gasteiger partial charge in [-0.15, -0.1) is 11.3 Å². The summed E-state index contributed by atoms with van der Waals surface area (Å²) in [6, 6.07) is 8.63. The quantitative estimate of drug-likeness (QED) is 0.725. The van der Waals surface area contributed by atoms with Gasteiger partial charge in [0, 0.05) is 28.3 Å². The summed E-state index contributed by atoms with van der Waals surface area (Å²) in [5.74, 6) is 0. The average molecular weight is 277 g/mol. The van der Waals surface area contributed by atoms with E-state index in [0.29, 0.717) is 0 Å². The molecular weight excluding hydrogens is 254 g/mol. The molecule has 0 unspecified atom stereocenters. The number of ether oxygens (including phenoxy) is 1. The SMILES string of the molecule is CCCCOCc1c(CNCC)sc2ccccc12. The highest BCUT2D eigenvalue weighted by Crippen LogP contribution is 2.31. The zero-order chi connectivity index (χ0) is 13.5. The molecule has 0 bridgehead atoms. The predicted octanol–water partition coefficient (Wildman–Crippen LogP) is 4.33. The molecule has 0 aliphatic heterocycles. The Morgan fingerprint density at radius 2 is 2.05 bits per heavy atom. The van der Waals surface area contributed by atoms with Crippen LogP contribution in [-0.4, -0.2) is 13.2 Å². The smallest absolute Gasteiger partial charge is 0.0734 e. The minimum Gasteiger partial charge on any atom is -0.377 e. The van der Waals surface area contributed by atoms with Crippen LogP contribution in [0.1, 0.15) is 37.1 Å². The van der Waals surface area contributed by atoms with Crippen LogP contribution in [0.3, 0.4) is 0 Å². The van der Waals surface area contributed by atoms with E-state index in [-0.39, 0.29) is 0 Å². The summed E-state index contributed by atoms with van der Waals surface area (Å²) < 4.78 is 7.19. The Morgan fingerprint density at radius 3 is 2.84 bits per heavy atom. The predicted molar refractivity (Wildman–Crippen MR) is 83.8 cm³/mol. The first-order chi connectivity index (χ1) is 9.36. The third-order valence-corrected chi connectivity index (χ3v) is 4.42. The summed E-state index contributed by atoms with van der Waals surface area (Å²) in [7, 11) is 0. The summed E-state index contributed by atoms with van der Waals surface area (Å²) in [5.41, 5.74) is 1.37. The van der Waals surface area contributed by atoms with E-state index in [1.807, 2.05) is 11.3 Å². The molecule has 0 amide bonds. The Kier molecular flexibility index (Phi) is 5.83. The monoisotopic (exact) mass is 277 g/mol. The number of rotatable bonds is 8. The maximum absolute atomic E-state index is 5.83. The van der Waals surface area contributed by atoms with E-state index in [0.717, 1.165) is 32.7 Å². The summed E-state index contributed by atoms with van der Waals surface area (Å²) in [5, 5.41) is 4.78. The molecule has 2 nitrogen and oxygen atoms in total. The molecule has 0 atom stereocenters. The molecule has 0 aliphatic carbocycles. The molecule has 1 aromatic carbocycles. The van der Waals surface area contributed by atoms with Gasteiger partial charge in [0.25, 0.3) is 0 Å². The van der Waals surface area contributed by atoms with E-state index >= 15 is 0 Å². The van der Waals surface area contributed by atoms with Crippen molar-refractivity contribution >= 4 is 21.4 Å². The molecule has 2 aromatic rings. The summed E-state index contributed by atoms with van der Waals surface area (Å²) in [4.78, 5) is 1.42. The molecule has 0 spiro atoms. The second kappa shape index (κ2) is 7.63. The maximum Gasteiger partial charge on any atom is 0.0734 e. The molecule has 0 saturated heterocycles. The zero-order valence-electron chi connectivity index (χ0n) is 11.9. The third kappa shape index (κ3) is 3.78. The topological polar surface area (TPSA) is 21.3 Å². The highest BCUT2D eigenvalue weighted by Gasteiger charge is 2.11. The second-order valence-electron chi connectivity index (χ2n) is 4.69. The van der Waals surface area contributed by atoms with Crippen molar-refractivity contribution in [1.82, 2.24) is 5.32 Å². The van der Waals surface area contributed by atoms with Crippen LogP contribution in [-0.2, 0) is 17.9 Å². The van der Waals surface area contributed by atoms with Gasteiger partial charge in [-0.05, 0) is 24.4 Å². The van der Waals surface area contributed by atoms with Crippen molar-refractivity contribution in [2.24, 2.45) is 0 Å². The molecule has 0 aliphatic rings. The first kappa shape index (κ1) is 14.5. The molecule has 104 valence electrons. The van der Waals surface area contributed by atoms with Gasteiger partial charge >= 0.3 is 0 Å². The molecule has 2 rings (SSSR count). The summed E-state index contributed by atoms with van der Waals surface area (Å²) in [6.07, 6.45) is 2.33. The highest BCUT2D eigenvalue weighted by molar-refractivity contribution is 7.19. The lowest BCUT2D eigenvalue weighted by atomic mass is 10.1. The van der Waals surface area contributed by atoms with Gasteiger partial charge in [0.1, 0.15) is 0 Å². The van der Waals surface area contributed by atoms with Crippen molar-refractivity contribution in [2.75, 3.05) is 13.2 Å². The van der Waals surface area contributed by atoms with Gasteiger partial charge in [-0.1, -0.05) is 38.5 Å². The van der Waals surface area contributed by atoms with Gasteiger partial charge < -0.3 is 10.1 Å². The fraction of sp³-hybridized carbons (Fsp3) is 0.500. The number of benzene rings is 1. The lowest BCUT2D eigenvalue weighted by Gasteiger charge is -2.06. The summed E-state index contributed by atoms with van der Waals surface area (Å²) in [6.45, 7) is 7.89. The Hall–Kier alpha value is -0.900. The summed E-state index contributed by atoms with van der Waals surface area (Å²) >= 11 is 1.89. The van der Waals surface area contributed by atoms with Gasteiger partial charge in [0.15, 0.2) is 0 Å². The number of nitrogens with one attached hydrogen (secondary N) is 1. The van der Waals surface area contributed by atoms with Gasteiger partial charge in [0.05, 0.1) is 6.61 Å². The Balaban J connectivity index is 2.16. The normalized spacial score (nSPS) is 11.3. The largest absolute Gasteiger partial charge is 0.377 e. The van der Waals surface area contributed by atoms with Crippen LogP contribution >= 0.6 is 11.3 Å². The van der Waals surface area contributed by atoms with Crippen molar-refractivity contribution < 1.29 is 4.74 Å². The number of hydrogen-bond donors (Lipinski definition) is 1. The van der Waals surface area contributed by atoms with Gasteiger partial charge in [-0.25, -0.2) is 0 Å². The van der Waals surface area contributed by atoms with Crippen LogP contribution in [0.2, 0.25) is 0 Å². The molecule has 19 heavy (non-hydrogen) atoms. The number of hydrogen-bond acceptors (Lipinski definition) is 3. The highest BCUT2D eigenvalue weighted by atomic mass is 32.1. The van der Waals surface area contributed by atoms with E-state index in [2.05, 4.69) is 43.4 Å². The Morgan fingerprint density at radius 1 is 1.21 bits per heavy atom. The maximum atomic E-state index is 5.83. The molecule has 0 fully saturated rings. The van der Waals surface area contributed by atoms with E-state index in [1.165, 1.54) is 26.9 Å². The fourth-order valence-electron chi connectivity index (χ4n) is 2.11. The number of thiophene rings is 1. The van der Waals surface area contributed by atoms with Crippen LogP contribution in [0.25, 0.3) is 10.1 Å². The minimum atomic E-state index is 0.741. The molecule has 3 heteroatoms. The Labute approximate surface area is 119 Å². The van der Waals surface area contributed by atoms with Crippen LogP contribution in [0.4, 0.5) is 0 Å². The second-order valence-corrected chi connectivity index (χ2v) is 5.82. The first-order valence-electron chi connectivity index (χ1n) is 7.14. The van der Waals surface area contributed by atoms with Crippen LogP contribution < -0.4 is 5.32 Å². The zero-order valence-corrected chi connectivity index (χ0v) is 12.7. The third-order valence-electron chi connectivity index (χ3n) is 3.21. The van der Waals surface area contributed by atoms with Crippen molar-refractivity contribution in [3.8, 4) is 0 Å².